The molecule has 0 radical (unpaired) electrons. The molecule has 4 aromatic carbocycles. The lowest BCUT2D eigenvalue weighted by Crippen LogP contribution is -2.27. The largest absolute Gasteiger partial charge is 0.455 e. The highest BCUT2D eigenvalue weighted by molar-refractivity contribution is 9.10. The van der Waals surface area contributed by atoms with Crippen LogP contribution in [0.15, 0.2) is 100 Å². The zero-order valence-corrected chi connectivity index (χ0v) is 24.6. The van der Waals surface area contributed by atoms with E-state index in [1.54, 1.807) is 6.07 Å². The van der Waals surface area contributed by atoms with Crippen LogP contribution in [0.5, 0.6) is 5.75 Å². The zero-order valence-electron chi connectivity index (χ0n) is 22.1. The molecule has 1 heterocycles. The van der Waals surface area contributed by atoms with Crippen molar-refractivity contribution in [2.24, 2.45) is 4.74 Å². The van der Waals surface area contributed by atoms with Crippen molar-refractivity contribution in [2.45, 2.75) is 45.6 Å². The zero-order chi connectivity index (χ0) is 28.0. The predicted molar refractivity (Wildman–Crippen MR) is 160 cm³/mol. The first-order chi connectivity index (χ1) is 18.4. The number of halogens is 4. The number of hydrogen-bond donors (Lipinski definition) is 0. The molecule has 0 N–H and O–H groups in total. The van der Waals surface area contributed by atoms with Gasteiger partial charge in [-0.05, 0) is 73.7 Å². The van der Waals surface area contributed by atoms with E-state index in [4.69, 9.17) is 9.27 Å². The van der Waals surface area contributed by atoms with E-state index in [9.17, 15) is 13.2 Å². The van der Waals surface area contributed by atoms with Crippen LogP contribution in [0.4, 0.5) is 18.9 Å². The Hall–Kier alpha value is -3.02. The van der Waals surface area contributed by atoms with Crippen molar-refractivity contribution < 1.29 is 17.7 Å². The smallest absolute Gasteiger partial charge is 0.416 e. The second kappa shape index (κ2) is 10.2. The van der Waals surface area contributed by atoms with Crippen molar-refractivity contribution in [3.63, 3.8) is 0 Å². The highest BCUT2D eigenvalue weighted by Gasteiger charge is 2.40. The number of aryl methyl sites for hydroxylation is 1. The lowest BCUT2D eigenvalue weighted by molar-refractivity contribution is -0.137. The Morgan fingerprint density at radius 3 is 2.18 bits per heavy atom. The van der Waals surface area contributed by atoms with Crippen LogP contribution >= 0.6 is 23.2 Å². The van der Waals surface area contributed by atoms with Gasteiger partial charge in [0.25, 0.3) is 0 Å². The Labute approximate surface area is 234 Å². The molecule has 8 heteroatoms. The summed E-state index contributed by atoms with van der Waals surface area (Å²) in [6, 6.07) is 27.2. The molecular weight excluding hydrogens is 584 g/mol. The van der Waals surface area contributed by atoms with Crippen molar-refractivity contribution in [3.8, 4) is 5.75 Å². The van der Waals surface area contributed by atoms with Crippen LogP contribution in [0.3, 0.4) is 0 Å². The van der Waals surface area contributed by atoms with E-state index in [-0.39, 0.29) is 5.69 Å². The summed E-state index contributed by atoms with van der Waals surface area (Å²) in [5.41, 5.74) is 1.73. The number of rotatable bonds is 5. The maximum atomic E-state index is 13.6. The van der Waals surface area contributed by atoms with E-state index in [1.807, 2.05) is 63.2 Å². The minimum atomic E-state index is -4.47. The molecule has 0 fully saturated rings. The van der Waals surface area contributed by atoms with Gasteiger partial charge in [-0.3, -0.25) is 0 Å². The molecule has 202 valence electrons. The molecule has 0 aliphatic rings. The van der Waals surface area contributed by atoms with E-state index >= 15 is 0 Å². The maximum Gasteiger partial charge on any atom is 0.416 e. The van der Waals surface area contributed by atoms with E-state index in [1.165, 1.54) is 6.07 Å². The molecule has 1 aromatic heterocycles. The van der Waals surface area contributed by atoms with Crippen LogP contribution in [0, 0.1) is 0 Å². The van der Waals surface area contributed by atoms with Crippen LogP contribution < -0.4 is 9.83 Å². The van der Waals surface area contributed by atoms with Crippen LogP contribution in [0.2, 0.25) is 0 Å². The third-order valence-electron chi connectivity index (χ3n) is 6.81. The fourth-order valence-corrected chi connectivity index (χ4v) is 8.26. The summed E-state index contributed by atoms with van der Waals surface area (Å²) in [6.45, 7) is 9.04. The number of benzene rings is 4. The fourth-order valence-electron chi connectivity index (χ4n) is 4.93. The Morgan fingerprint density at radius 1 is 0.821 bits per heavy atom. The summed E-state index contributed by atoms with van der Waals surface area (Å²) < 4.78 is 56.0. The van der Waals surface area contributed by atoms with E-state index in [0.29, 0.717) is 5.75 Å². The Balaban J connectivity index is 1.84. The van der Waals surface area contributed by atoms with Gasteiger partial charge in [0.15, 0.2) is 7.28 Å². The lowest BCUT2D eigenvalue weighted by atomic mass is 10.1. The predicted octanol–water partition coefficient (Wildman–Crippen LogP) is 10.5. The van der Waals surface area contributed by atoms with Gasteiger partial charge in [0, 0.05) is 43.3 Å². The van der Waals surface area contributed by atoms with E-state index < -0.39 is 24.2 Å². The van der Waals surface area contributed by atoms with Crippen LogP contribution in [0.1, 0.15) is 33.3 Å². The van der Waals surface area contributed by atoms with Crippen LogP contribution in [0.25, 0.3) is 21.8 Å². The molecule has 5 aromatic rings. The molecule has 0 saturated carbocycles. The fraction of sp³-hybridized carbons (Fsp3) is 0.226. The third-order valence-corrected chi connectivity index (χ3v) is 11.1. The first kappa shape index (κ1) is 27.5. The summed E-state index contributed by atoms with van der Waals surface area (Å²) in [5.74, 6) is 0.605. The summed E-state index contributed by atoms with van der Waals surface area (Å²) in [4.78, 5) is 0. The van der Waals surface area contributed by atoms with Crippen molar-refractivity contribution >= 4 is 56.0 Å². The van der Waals surface area contributed by atoms with Gasteiger partial charge in [-0.15, -0.1) is 0 Å². The average Bonchev–Trinajstić information content (AvgIpc) is 3.21. The molecule has 0 spiro atoms. The number of alkyl halides is 3. The molecule has 1 atom stereocenters. The molecule has 0 aliphatic heterocycles. The standard InChI is InChI=1S/C31H29BrF3N2OP/c1-5-37-28-12-7-6-11-26(28)27-20-25(17-18-29(27)37)39(30(2,3)4,38-24-15-13-22(32)14-16-24)36-23-10-8-9-21(19-23)31(33,34)35/h6-20H,5H2,1-4H3/t39-/m1/s1. The van der Waals surface area contributed by atoms with Gasteiger partial charge in [-0.1, -0.05) is 61.0 Å². The number of aromatic nitrogens is 1. The van der Waals surface area contributed by atoms with Crippen molar-refractivity contribution in [1.82, 2.24) is 4.57 Å². The first-order valence-corrected chi connectivity index (χ1v) is 15.1. The average molecular weight is 613 g/mol. The SMILES string of the molecule is CCn1c2ccccc2c2cc([P@@](=Nc3cccc(C(F)(F)F)c3)(Oc3ccc(Br)cc3)C(C)(C)C)ccc21. The number of nitrogens with zero attached hydrogens (tertiary/aromatic N) is 2. The summed E-state index contributed by atoms with van der Waals surface area (Å²) in [6.07, 6.45) is -4.47. The summed E-state index contributed by atoms with van der Waals surface area (Å²) in [7, 11) is -3.01. The quantitative estimate of drug-likeness (QED) is 0.181. The minimum Gasteiger partial charge on any atom is -0.455 e. The van der Waals surface area contributed by atoms with Crippen molar-refractivity contribution in [1.29, 1.82) is 0 Å². The van der Waals surface area contributed by atoms with Gasteiger partial charge in [0.2, 0.25) is 0 Å². The Kier molecular flexibility index (Phi) is 7.19. The summed E-state index contributed by atoms with van der Waals surface area (Å²) >= 11 is 3.47. The minimum absolute atomic E-state index is 0.237. The molecule has 5 rings (SSSR count). The summed E-state index contributed by atoms with van der Waals surface area (Å²) in [5, 5.41) is 2.50. The topological polar surface area (TPSA) is 26.5 Å². The molecular formula is C31H29BrF3N2OP. The molecule has 39 heavy (non-hydrogen) atoms. The molecule has 0 saturated heterocycles. The van der Waals surface area contributed by atoms with Crippen molar-refractivity contribution in [3.05, 3.63) is 101 Å². The number of para-hydroxylation sites is 1. The van der Waals surface area contributed by atoms with Crippen LogP contribution in [-0.2, 0) is 12.7 Å². The highest BCUT2D eigenvalue weighted by Crippen LogP contribution is 2.62. The van der Waals surface area contributed by atoms with Gasteiger partial charge in [0.05, 0.1) is 11.3 Å². The third kappa shape index (κ3) is 5.15. The molecule has 0 bridgehead atoms. The van der Waals surface area contributed by atoms with E-state index in [0.717, 1.165) is 50.3 Å². The second-order valence-corrected chi connectivity index (χ2v) is 14.7. The van der Waals surface area contributed by atoms with Gasteiger partial charge in [-0.25, -0.2) is 4.74 Å². The van der Waals surface area contributed by atoms with E-state index in [2.05, 4.69) is 51.7 Å². The van der Waals surface area contributed by atoms with Crippen molar-refractivity contribution in [2.75, 3.05) is 0 Å². The van der Waals surface area contributed by atoms with Gasteiger partial charge in [0.1, 0.15) is 5.75 Å². The first-order valence-electron chi connectivity index (χ1n) is 12.7. The molecule has 0 amide bonds. The highest BCUT2D eigenvalue weighted by atomic mass is 79.9. The number of hydrogen-bond acceptors (Lipinski definition) is 2. The Morgan fingerprint density at radius 2 is 1.51 bits per heavy atom. The number of fused-ring (bicyclic) bond motifs is 3. The monoisotopic (exact) mass is 612 g/mol. The maximum absolute atomic E-state index is 13.6. The normalized spacial score (nSPS) is 13.9. The molecule has 0 unspecified atom stereocenters. The van der Waals surface area contributed by atoms with Gasteiger partial charge < -0.3 is 9.09 Å². The van der Waals surface area contributed by atoms with Gasteiger partial charge in [-0.2, -0.15) is 13.2 Å². The second-order valence-electron chi connectivity index (χ2n) is 10.4. The molecule has 3 nitrogen and oxygen atoms in total. The lowest BCUT2D eigenvalue weighted by Gasteiger charge is -2.37. The molecule has 0 aliphatic carbocycles. The van der Waals surface area contributed by atoms with Crippen LogP contribution in [-0.4, -0.2) is 9.72 Å². The van der Waals surface area contributed by atoms with Gasteiger partial charge >= 0.3 is 6.18 Å². The Bertz CT molecular complexity index is 1720.